The summed E-state index contributed by atoms with van der Waals surface area (Å²) in [7, 11) is 0. The van der Waals surface area contributed by atoms with E-state index in [-0.39, 0.29) is 31.3 Å². The Balaban J connectivity index is 1.43. The molecule has 0 spiro atoms. The van der Waals surface area contributed by atoms with Gasteiger partial charge in [0.05, 0.1) is 12.6 Å². The normalized spacial score (nSPS) is 16.6. The van der Waals surface area contributed by atoms with E-state index in [2.05, 4.69) is 26.3 Å². The van der Waals surface area contributed by atoms with Crippen molar-refractivity contribution in [3.63, 3.8) is 0 Å². The summed E-state index contributed by atoms with van der Waals surface area (Å²) in [6.07, 6.45) is 3.57. The lowest BCUT2D eigenvalue weighted by Gasteiger charge is -2.22. The zero-order valence-electron chi connectivity index (χ0n) is 20.3. The van der Waals surface area contributed by atoms with Gasteiger partial charge in [0.15, 0.2) is 0 Å². The maximum Gasteiger partial charge on any atom is 0.326 e. The molecule has 2 heterocycles. The molecular weight excluding hydrogens is 474 g/mol. The summed E-state index contributed by atoms with van der Waals surface area (Å²) < 4.78 is 0. The molecule has 10 nitrogen and oxygen atoms in total. The van der Waals surface area contributed by atoms with E-state index in [1.807, 2.05) is 54.6 Å². The molecule has 4 rings (SSSR count). The van der Waals surface area contributed by atoms with Crippen LogP contribution in [0.25, 0.3) is 10.9 Å². The van der Waals surface area contributed by atoms with Crippen molar-refractivity contribution in [1.29, 1.82) is 0 Å². The zero-order valence-corrected chi connectivity index (χ0v) is 20.3. The molecule has 1 aliphatic rings. The van der Waals surface area contributed by atoms with Gasteiger partial charge < -0.3 is 31.4 Å². The average Bonchev–Trinajstić information content (AvgIpc) is 3.58. The number of hydrogen-bond donors (Lipinski definition) is 6. The Hall–Kier alpha value is -4.18. The number of fused-ring (bicyclic) bond motifs is 1. The quantitative estimate of drug-likeness (QED) is 0.228. The van der Waals surface area contributed by atoms with Crippen LogP contribution >= 0.6 is 0 Å². The van der Waals surface area contributed by atoms with Crippen molar-refractivity contribution < 1.29 is 24.3 Å². The molecule has 10 heteroatoms. The molecule has 3 unspecified atom stereocenters. The Morgan fingerprint density at radius 2 is 1.70 bits per heavy atom. The molecule has 0 radical (unpaired) electrons. The molecular formula is C27H31N5O5. The molecule has 0 aliphatic carbocycles. The number of para-hydroxylation sites is 1. The molecule has 3 aromatic rings. The van der Waals surface area contributed by atoms with Gasteiger partial charge in [-0.2, -0.15) is 0 Å². The van der Waals surface area contributed by atoms with Gasteiger partial charge in [0, 0.05) is 29.9 Å². The summed E-state index contributed by atoms with van der Waals surface area (Å²) in [5.74, 6) is -2.60. The molecule has 194 valence electrons. The minimum Gasteiger partial charge on any atom is -0.480 e. The van der Waals surface area contributed by atoms with Gasteiger partial charge in [-0.05, 0) is 36.6 Å². The lowest BCUT2D eigenvalue weighted by atomic mass is 10.0. The van der Waals surface area contributed by atoms with Crippen molar-refractivity contribution in [3.05, 3.63) is 71.9 Å². The first-order chi connectivity index (χ1) is 17.9. The Morgan fingerprint density at radius 1 is 0.946 bits per heavy atom. The first-order valence-electron chi connectivity index (χ1n) is 12.3. The van der Waals surface area contributed by atoms with Gasteiger partial charge in [0.1, 0.15) is 12.1 Å². The van der Waals surface area contributed by atoms with Crippen molar-refractivity contribution in [2.24, 2.45) is 0 Å². The number of carbonyl (C=O) groups is 4. The molecule has 3 amide bonds. The maximum atomic E-state index is 13.2. The first kappa shape index (κ1) is 25.9. The predicted molar refractivity (Wildman–Crippen MR) is 138 cm³/mol. The monoisotopic (exact) mass is 505 g/mol. The Morgan fingerprint density at radius 3 is 2.43 bits per heavy atom. The molecule has 2 aromatic carbocycles. The van der Waals surface area contributed by atoms with Gasteiger partial charge in [0.2, 0.25) is 17.7 Å². The van der Waals surface area contributed by atoms with Crippen LogP contribution < -0.4 is 21.3 Å². The Labute approximate surface area is 214 Å². The van der Waals surface area contributed by atoms with Crippen molar-refractivity contribution in [3.8, 4) is 0 Å². The van der Waals surface area contributed by atoms with Crippen LogP contribution in [0.1, 0.15) is 24.0 Å². The van der Waals surface area contributed by atoms with E-state index >= 15 is 0 Å². The van der Waals surface area contributed by atoms with Crippen LogP contribution in [-0.2, 0) is 32.0 Å². The summed E-state index contributed by atoms with van der Waals surface area (Å²) in [6.45, 7) is 0.472. The number of carboxylic acids is 1. The van der Waals surface area contributed by atoms with E-state index in [1.54, 1.807) is 6.20 Å². The Bertz CT molecular complexity index is 1250. The Kier molecular flexibility index (Phi) is 8.52. The summed E-state index contributed by atoms with van der Waals surface area (Å²) in [5, 5.41) is 21.6. The highest BCUT2D eigenvalue weighted by Crippen LogP contribution is 2.19. The fraction of sp³-hybridized carbons (Fsp3) is 0.333. The molecule has 1 aromatic heterocycles. The number of aliphatic carboxylic acids is 1. The van der Waals surface area contributed by atoms with Crippen molar-refractivity contribution in [2.45, 2.75) is 43.8 Å². The highest BCUT2D eigenvalue weighted by molar-refractivity contribution is 5.93. The topological polar surface area (TPSA) is 152 Å². The SMILES string of the molecule is O=C(CNC(=O)C1CCCN1)NC(Cc1ccccc1)C(=O)NC(Cc1c[nH]c2ccccc12)C(=O)O. The number of aromatic nitrogens is 1. The van der Waals surface area contributed by atoms with E-state index in [0.29, 0.717) is 6.42 Å². The number of aromatic amines is 1. The lowest BCUT2D eigenvalue weighted by molar-refractivity contribution is -0.142. The third-order valence-corrected chi connectivity index (χ3v) is 6.45. The van der Waals surface area contributed by atoms with Gasteiger partial charge in [0.25, 0.3) is 0 Å². The third-order valence-electron chi connectivity index (χ3n) is 6.45. The molecule has 3 atom stereocenters. The number of nitrogens with one attached hydrogen (secondary N) is 5. The summed E-state index contributed by atoms with van der Waals surface area (Å²) >= 11 is 0. The number of rotatable bonds is 11. The third kappa shape index (κ3) is 6.95. The minimum atomic E-state index is -1.20. The van der Waals surface area contributed by atoms with Gasteiger partial charge in [-0.15, -0.1) is 0 Å². The van der Waals surface area contributed by atoms with Gasteiger partial charge in [-0.1, -0.05) is 48.5 Å². The minimum absolute atomic E-state index is 0.0710. The molecule has 0 bridgehead atoms. The van der Waals surface area contributed by atoms with E-state index in [1.165, 1.54) is 0 Å². The van der Waals surface area contributed by atoms with Crippen LogP contribution in [0.3, 0.4) is 0 Å². The second kappa shape index (κ2) is 12.2. The summed E-state index contributed by atoms with van der Waals surface area (Å²) in [4.78, 5) is 53.3. The van der Waals surface area contributed by atoms with Crippen molar-refractivity contribution >= 4 is 34.6 Å². The highest BCUT2D eigenvalue weighted by Gasteiger charge is 2.28. The fourth-order valence-corrected chi connectivity index (χ4v) is 4.50. The predicted octanol–water partition coefficient (Wildman–Crippen LogP) is 0.876. The zero-order chi connectivity index (χ0) is 26.2. The maximum absolute atomic E-state index is 13.2. The number of H-pyrrole nitrogens is 1. The van der Waals surface area contributed by atoms with Crippen LogP contribution in [-0.4, -0.2) is 65.0 Å². The molecule has 37 heavy (non-hydrogen) atoms. The van der Waals surface area contributed by atoms with Crippen molar-refractivity contribution in [2.75, 3.05) is 13.1 Å². The van der Waals surface area contributed by atoms with Crippen LogP contribution in [0.15, 0.2) is 60.8 Å². The van der Waals surface area contributed by atoms with Gasteiger partial charge in [-0.3, -0.25) is 14.4 Å². The largest absolute Gasteiger partial charge is 0.480 e. The highest BCUT2D eigenvalue weighted by atomic mass is 16.4. The molecule has 6 N–H and O–H groups in total. The van der Waals surface area contributed by atoms with Gasteiger partial charge >= 0.3 is 5.97 Å². The average molecular weight is 506 g/mol. The number of amides is 3. The van der Waals surface area contributed by atoms with E-state index in [0.717, 1.165) is 35.0 Å². The molecule has 1 aliphatic heterocycles. The molecule has 1 saturated heterocycles. The number of hydrogen-bond acceptors (Lipinski definition) is 5. The smallest absolute Gasteiger partial charge is 0.326 e. The number of benzene rings is 2. The van der Waals surface area contributed by atoms with Crippen LogP contribution in [0.2, 0.25) is 0 Å². The van der Waals surface area contributed by atoms with E-state index in [4.69, 9.17) is 0 Å². The fourth-order valence-electron chi connectivity index (χ4n) is 4.50. The molecule has 1 fully saturated rings. The molecule has 0 saturated carbocycles. The van der Waals surface area contributed by atoms with Crippen LogP contribution in [0.5, 0.6) is 0 Å². The second-order valence-corrected chi connectivity index (χ2v) is 9.14. The van der Waals surface area contributed by atoms with E-state index in [9.17, 15) is 24.3 Å². The first-order valence-corrected chi connectivity index (χ1v) is 12.3. The van der Waals surface area contributed by atoms with Crippen molar-refractivity contribution in [1.82, 2.24) is 26.3 Å². The standard InChI is InChI=1S/C27H31N5O5/c33-24(16-30-25(34)21-11-6-12-28-21)31-22(13-17-7-2-1-3-8-17)26(35)32-23(27(36)37)14-18-15-29-20-10-5-4-9-19(18)20/h1-5,7-10,15,21-23,28-29H,6,11-14,16H2,(H,30,34)(H,31,33)(H,32,35)(H,36,37). The lowest BCUT2D eigenvalue weighted by Crippen LogP contribution is -2.54. The van der Waals surface area contributed by atoms with Gasteiger partial charge in [-0.25, -0.2) is 4.79 Å². The summed E-state index contributed by atoms with van der Waals surface area (Å²) in [6, 6.07) is 14.1. The second-order valence-electron chi connectivity index (χ2n) is 9.14. The number of carbonyl (C=O) groups excluding carboxylic acids is 3. The van der Waals surface area contributed by atoms with Crippen LogP contribution in [0.4, 0.5) is 0 Å². The summed E-state index contributed by atoms with van der Waals surface area (Å²) in [5.41, 5.74) is 2.43. The van der Waals surface area contributed by atoms with Crippen LogP contribution in [0, 0.1) is 0 Å². The van der Waals surface area contributed by atoms with E-state index < -0.39 is 29.9 Å². The number of carboxylic acid groups (broad SMARTS) is 1.